The van der Waals surface area contributed by atoms with E-state index < -0.39 is 0 Å². The Morgan fingerprint density at radius 2 is 2.00 bits per heavy atom. The minimum Gasteiger partial charge on any atom is -0.391 e. The molecule has 2 atom stereocenters. The van der Waals surface area contributed by atoms with Crippen LogP contribution in [0.3, 0.4) is 0 Å². The molecule has 3 nitrogen and oxygen atoms in total. The molecule has 2 N–H and O–H groups in total. The summed E-state index contributed by atoms with van der Waals surface area (Å²) in [5.74, 6) is 0.0541. The number of para-hydroxylation sites is 1. The van der Waals surface area contributed by atoms with Crippen LogP contribution in [-0.4, -0.2) is 23.0 Å². The van der Waals surface area contributed by atoms with Gasteiger partial charge in [-0.1, -0.05) is 25.0 Å². The van der Waals surface area contributed by atoms with Crippen LogP contribution >= 0.6 is 0 Å². The Hall–Kier alpha value is -1.35. The van der Waals surface area contributed by atoms with Gasteiger partial charge in [0, 0.05) is 11.3 Å². The molecule has 0 aliphatic heterocycles. The number of carbonyl (C=O) groups is 1. The van der Waals surface area contributed by atoms with Crippen molar-refractivity contribution in [3.63, 3.8) is 0 Å². The predicted octanol–water partition coefficient (Wildman–Crippen LogP) is 2.60. The summed E-state index contributed by atoms with van der Waals surface area (Å²) < 4.78 is 0. The van der Waals surface area contributed by atoms with Crippen LogP contribution in [0.1, 0.15) is 43.0 Å². The summed E-state index contributed by atoms with van der Waals surface area (Å²) in [6.45, 7) is 1.57. The van der Waals surface area contributed by atoms with E-state index >= 15 is 0 Å². The normalized spacial score (nSPS) is 24.4. The molecule has 92 valence electrons. The van der Waals surface area contributed by atoms with Crippen molar-refractivity contribution in [2.45, 2.75) is 44.8 Å². The van der Waals surface area contributed by atoms with Gasteiger partial charge in [-0.25, -0.2) is 0 Å². The van der Waals surface area contributed by atoms with Crippen molar-refractivity contribution in [2.75, 3.05) is 5.32 Å². The first kappa shape index (κ1) is 12.1. The molecule has 1 saturated carbocycles. The lowest BCUT2D eigenvalue weighted by molar-refractivity contribution is 0.101. The molecule has 0 heterocycles. The molecule has 3 heteroatoms. The quantitative estimate of drug-likeness (QED) is 0.789. The second kappa shape index (κ2) is 5.32. The smallest absolute Gasteiger partial charge is 0.161 e. The van der Waals surface area contributed by atoms with Crippen LogP contribution in [0.25, 0.3) is 0 Å². The van der Waals surface area contributed by atoms with E-state index in [4.69, 9.17) is 0 Å². The summed E-state index contributed by atoms with van der Waals surface area (Å²) in [7, 11) is 0. The highest BCUT2D eigenvalue weighted by molar-refractivity contribution is 5.99. The largest absolute Gasteiger partial charge is 0.391 e. The molecule has 0 unspecified atom stereocenters. The van der Waals surface area contributed by atoms with Crippen LogP contribution in [0, 0.1) is 0 Å². The fraction of sp³-hybridized carbons (Fsp3) is 0.500. The number of aliphatic hydroxyl groups is 1. The molecule has 1 aliphatic carbocycles. The highest BCUT2D eigenvalue weighted by Gasteiger charge is 2.23. The van der Waals surface area contributed by atoms with Gasteiger partial charge in [-0.05, 0) is 31.9 Å². The fourth-order valence-electron chi connectivity index (χ4n) is 2.40. The van der Waals surface area contributed by atoms with Crippen LogP contribution in [0.4, 0.5) is 5.69 Å². The topological polar surface area (TPSA) is 49.3 Å². The van der Waals surface area contributed by atoms with Gasteiger partial charge < -0.3 is 10.4 Å². The summed E-state index contributed by atoms with van der Waals surface area (Å²) >= 11 is 0. The van der Waals surface area contributed by atoms with Crippen LogP contribution in [-0.2, 0) is 0 Å². The van der Waals surface area contributed by atoms with Crippen molar-refractivity contribution in [1.29, 1.82) is 0 Å². The molecule has 0 spiro atoms. The fourth-order valence-corrected chi connectivity index (χ4v) is 2.40. The number of hydrogen-bond donors (Lipinski definition) is 2. The van der Waals surface area contributed by atoms with Gasteiger partial charge >= 0.3 is 0 Å². The number of ketones is 1. The molecule has 0 bridgehead atoms. The summed E-state index contributed by atoms with van der Waals surface area (Å²) in [5.41, 5.74) is 1.54. The second-order valence-corrected chi connectivity index (χ2v) is 4.70. The maximum atomic E-state index is 11.5. The SMILES string of the molecule is CC(=O)c1ccccc1N[C@@H]1CCCC[C@H]1O. The van der Waals surface area contributed by atoms with E-state index in [-0.39, 0.29) is 17.9 Å². The zero-order valence-corrected chi connectivity index (χ0v) is 10.1. The monoisotopic (exact) mass is 233 g/mol. The van der Waals surface area contributed by atoms with Crippen molar-refractivity contribution in [1.82, 2.24) is 0 Å². The van der Waals surface area contributed by atoms with Gasteiger partial charge in [-0.3, -0.25) is 4.79 Å². The van der Waals surface area contributed by atoms with E-state index in [1.54, 1.807) is 6.92 Å². The molecule has 1 fully saturated rings. The number of anilines is 1. The van der Waals surface area contributed by atoms with Crippen molar-refractivity contribution in [2.24, 2.45) is 0 Å². The Morgan fingerprint density at radius 3 is 2.71 bits per heavy atom. The average molecular weight is 233 g/mol. The van der Waals surface area contributed by atoms with Gasteiger partial charge in [0.25, 0.3) is 0 Å². The van der Waals surface area contributed by atoms with Crippen molar-refractivity contribution < 1.29 is 9.90 Å². The first-order chi connectivity index (χ1) is 8.18. The molecule has 0 amide bonds. The van der Waals surface area contributed by atoms with Crippen molar-refractivity contribution in [3.05, 3.63) is 29.8 Å². The van der Waals surface area contributed by atoms with E-state index in [0.717, 1.165) is 31.4 Å². The molecular weight excluding hydrogens is 214 g/mol. The summed E-state index contributed by atoms with van der Waals surface area (Å²) in [6.07, 6.45) is 3.74. The van der Waals surface area contributed by atoms with Gasteiger partial charge in [-0.15, -0.1) is 0 Å². The standard InChI is InChI=1S/C14H19NO2/c1-10(16)11-6-2-3-7-12(11)15-13-8-4-5-9-14(13)17/h2-3,6-7,13-15,17H,4-5,8-9H2,1H3/t13-,14-/m1/s1. The van der Waals surface area contributed by atoms with Gasteiger partial charge in [0.1, 0.15) is 0 Å². The van der Waals surface area contributed by atoms with Crippen molar-refractivity contribution >= 4 is 11.5 Å². The number of hydrogen-bond acceptors (Lipinski definition) is 3. The minimum atomic E-state index is -0.302. The molecule has 1 aliphatic rings. The molecule has 0 radical (unpaired) electrons. The number of aliphatic hydroxyl groups excluding tert-OH is 1. The maximum Gasteiger partial charge on any atom is 0.161 e. The summed E-state index contributed by atoms with van der Waals surface area (Å²) in [4.78, 5) is 11.5. The zero-order valence-electron chi connectivity index (χ0n) is 10.1. The second-order valence-electron chi connectivity index (χ2n) is 4.70. The Morgan fingerprint density at radius 1 is 1.29 bits per heavy atom. The van der Waals surface area contributed by atoms with Gasteiger partial charge in [-0.2, -0.15) is 0 Å². The van der Waals surface area contributed by atoms with Crippen molar-refractivity contribution in [3.8, 4) is 0 Å². The molecule has 1 aromatic carbocycles. The number of benzene rings is 1. The van der Waals surface area contributed by atoms with Gasteiger partial charge in [0.15, 0.2) is 5.78 Å². The first-order valence-corrected chi connectivity index (χ1v) is 6.23. The minimum absolute atomic E-state index is 0.0541. The van der Waals surface area contributed by atoms with Crippen LogP contribution in [0.2, 0.25) is 0 Å². The zero-order chi connectivity index (χ0) is 12.3. The lowest BCUT2D eigenvalue weighted by atomic mass is 9.92. The number of rotatable bonds is 3. The molecule has 0 aromatic heterocycles. The summed E-state index contributed by atoms with van der Waals surface area (Å²) in [6, 6.07) is 7.56. The average Bonchev–Trinajstić information content (AvgIpc) is 2.32. The maximum absolute atomic E-state index is 11.5. The van der Waals surface area contributed by atoms with E-state index in [1.165, 1.54) is 0 Å². The van der Waals surface area contributed by atoms with E-state index in [0.29, 0.717) is 5.56 Å². The van der Waals surface area contributed by atoms with E-state index in [9.17, 15) is 9.90 Å². The Balaban J connectivity index is 2.14. The number of carbonyl (C=O) groups excluding carboxylic acids is 1. The van der Waals surface area contributed by atoms with E-state index in [1.807, 2.05) is 24.3 Å². The Bertz CT molecular complexity index is 403. The Labute approximate surface area is 102 Å². The van der Waals surface area contributed by atoms with Crippen LogP contribution < -0.4 is 5.32 Å². The highest BCUT2D eigenvalue weighted by atomic mass is 16.3. The predicted molar refractivity (Wildman–Crippen MR) is 68.3 cm³/mol. The van der Waals surface area contributed by atoms with Crippen LogP contribution in [0.15, 0.2) is 24.3 Å². The third-order valence-electron chi connectivity index (χ3n) is 3.38. The highest BCUT2D eigenvalue weighted by Crippen LogP contribution is 2.24. The molecular formula is C14H19NO2. The van der Waals surface area contributed by atoms with E-state index in [2.05, 4.69) is 5.32 Å². The molecule has 0 saturated heterocycles. The first-order valence-electron chi connectivity index (χ1n) is 6.23. The Kier molecular flexibility index (Phi) is 3.79. The lowest BCUT2D eigenvalue weighted by Crippen LogP contribution is -2.36. The number of nitrogens with one attached hydrogen (secondary N) is 1. The molecule has 2 rings (SSSR count). The number of Topliss-reactive ketones (excluding diaryl/α,β-unsaturated/α-hetero) is 1. The molecule has 17 heavy (non-hydrogen) atoms. The molecule has 1 aromatic rings. The van der Waals surface area contributed by atoms with Gasteiger partial charge in [0.2, 0.25) is 0 Å². The van der Waals surface area contributed by atoms with Crippen LogP contribution in [0.5, 0.6) is 0 Å². The van der Waals surface area contributed by atoms with Gasteiger partial charge in [0.05, 0.1) is 12.1 Å². The lowest BCUT2D eigenvalue weighted by Gasteiger charge is -2.29. The third kappa shape index (κ3) is 2.86. The third-order valence-corrected chi connectivity index (χ3v) is 3.38. The summed E-state index contributed by atoms with van der Waals surface area (Å²) in [5, 5.41) is 13.2.